The van der Waals surface area contributed by atoms with Gasteiger partial charge in [-0.15, -0.1) is 0 Å². The Morgan fingerprint density at radius 3 is 1.87 bits per heavy atom. The van der Waals surface area contributed by atoms with E-state index in [9.17, 15) is 0 Å². The molecule has 1 aromatic heterocycles. The molecule has 39 heavy (non-hydrogen) atoms. The van der Waals surface area contributed by atoms with Crippen LogP contribution < -0.4 is 15.9 Å². The first-order valence-corrected chi connectivity index (χ1v) is 15.0. The van der Waals surface area contributed by atoms with Crippen molar-refractivity contribution in [3.8, 4) is 11.4 Å². The number of nitrogens with zero attached hydrogens (tertiary/aromatic N) is 3. The van der Waals surface area contributed by atoms with E-state index >= 15 is 0 Å². The van der Waals surface area contributed by atoms with Gasteiger partial charge in [-0.3, -0.25) is 0 Å². The summed E-state index contributed by atoms with van der Waals surface area (Å²) in [6.07, 6.45) is 14.0. The Bertz CT molecular complexity index is 1540. The van der Waals surface area contributed by atoms with Crippen LogP contribution in [0.3, 0.4) is 0 Å². The van der Waals surface area contributed by atoms with Crippen LogP contribution in [0.5, 0.6) is 0 Å². The molecule has 192 valence electrons. The van der Waals surface area contributed by atoms with E-state index in [-0.39, 0.29) is 0 Å². The van der Waals surface area contributed by atoms with E-state index in [1.807, 2.05) is 0 Å². The van der Waals surface area contributed by atoms with Gasteiger partial charge in [-0.1, -0.05) is 128 Å². The number of allylic oxidation sites excluding steroid dienone is 8. The Hall–Kier alpha value is -3.94. The topological polar surface area (TPSA) is 38.7 Å². The van der Waals surface area contributed by atoms with Crippen LogP contribution in [0.15, 0.2) is 121 Å². The molecule has 0 aliphatic heterocycles. The molecule has 3 nitrogen and oxygen atoms in total. The van der Waals surface area contributed by atoms with Gasteiger partial charge in [-0.2, -0.15) is 0 Å². The molecule has 0 saturated heterocycles. The number of benzene rings is 3. The molecule has 2 aliphatic rings. The first-order chi connectivity index (χ1) is 19.1. The molecule has 1 atom stereocenters. The maximum absolute atomic E-state index is 4.99. The fourth-order valence-corrected chi connectivity index (χ4v) is 7.24. The van der Waals surface area contributed by atoms with Gasteiger partial charge in [0.15, 0.2) is 17.5 Å². The highest BCUT2D eigenvalue weighted by Crippen LogP contribution is 2.34. The predicted octanol–water partition coefficient (Wildman–Crippen LogP) is 7.40. The van der Waals surface area contributed by atoms with E-state index in [0.717, 1.165) is 47.9 Å². The highest BCUT2D eigenvalue weighted by molar-refractivity contribution is 7.79. The Labute approximate surface area is 232 Å². The van der Waals surface area contributed by atoms with Gasteiger partial charge in [0.1, 0.15) is 0 Å². The third-order valence-electron chi connectivity index (χ3n) is 7.26. The zero-order chi connectivity index (χ0) is 26.6. The van der Waals surface area contributed by atoms with E-state index in [2.05, 4.69) is 129 Å². The van der Waals surface area contributed by atoms with Crippen molar-refractivity contribution in [2.24, 2.45) is 5.92 Å². The van der Waals surface area contributed by atoms with Gasteiger partial charge in [0, 0.05) is 11.1 Å². The van der Waals surface area contributed by atoms with Crippen LogP contribution in [0.1, 0.15) is 44.8 Å². The lowest BCUT2D eigenvalue weighted by molar-refractivity contribution is 0.738. The van der Waals surface area contributed by atoms with E-state index in [1.54, 1.807) is 0 Å². The fraction of sp³-hybridized carbons (Fsp3) is 0.171. The predicted molar refractivity (Wildman–Crippen MR) is 166 cm³/mol. The molecule has 0 spiro atoms. The van der Waals surface area contributed by atoms with Crippen LogP contribution in [-0.4, -0.2) is 15.0 Å². The summed E-state index contributed by atoms with van der Waals surface area (Å²) < 4.78 is 0. The van der Waals surface area contributed by atoms with Gasteiger partial charge in [-0.25, -0.2) is 15.0 Å². The second kappa shape index (κ2) is 11.4. The van der Waals surface area contributed by atoms with Crippen molar-refractivity contribution >= 4 is 35.0 Å². The third-order valence-corrected chi connectivity index (χ3v) is 9.71. The Balaban J connectivity index is 1.40. The molecule has 3 aromatic carbocycles. The summed E-state index contributed by atoms with van der Waals surface area (Å²) in [5.41, 5.74) is 4.66. The molecule has 1 heterocycles. The minimum absolute atomic E-state index is 0.542. The monoisotopic (exact) mass is 525 g/mol. The molecule has 0 saturated carbocycles. The van der Waals surface area contributed by atoms with Crippen molar-refractivity contribution in [2.45, 2.75) is 33.1 Å². The zero-order valence-electron chi connectivity index (χ0n) is 22.5. The zero-order valence-corrected chi connectivity index (χ0v) is 23.4. The lowest BCUT2D eigenvalue weighted by Crippen LogP contribution is -2.20. The molecule has 4 heteroatoms. The molecular weight excluding hydrogens is 493 g/mol. The summed E-state index contributed by atoms with van der Waals surface area (Å²) in [5, 5.41) is 3.99. The maximum Gasteiger partial charge on any atom is 0.164 e. The third kappa shape index (κ3) is 5.75. The largest absolute Gasteiger partial charge is 0.209 e. The first-order valence-electron chi connectivity index (χ1n) is 13.7. The summed E-state index contributed by atoms with van der Waals surface area (Å²) in [4.78, 5) is 14.9. The SMILES string of the molecule is CC1=CC=C(c2nc(C3=CCC(C)C=C3)nc(-c3ccc(P(c4ccccc4)c4ccccc4)cc3)n2)CC1. The number of rotatable bonds is 6. The lowest BCUT2D eigenvalue weighted by Gasteiger charge is -2.19. The average Bonchev–Trinajstić information content (AvgIpc) is 2.99. The number of aromatic nitrogens is 3. The van der Waals surface area contributed by atoms with E-state index in [1.165, 1.54) is 27.1 Å². The van der Waals surface area contributed by atoms with Crippen molar-refractivity contribution in [3.05, 3.63) is 133 Å². The van der Waals surface area contributed by atoms with Gasteiger partial charge in [0.25, 0.3) is 0 Å². The second-order valence-corrected chi connectivity index (χ2v) is 12.5. The fourth-order valence-electron chi connectivity index (χ4n) is 4.96. The van der Waals surface area contributed by atoms with Crippen LogP contribution in [-0.2, 0) is 0 Å². The van der Waals surface area contributed by atoms with Gasteiger partial charge in [-0.05, 0) is 61.5 Å². The van der Waals surface area contributed by atoms with E-state index in [4.69, 9.17) is 15.0 Å². The van der Waals surface area contributed by atoms with Crippen molar-refractivity contribution in [1.82, 2.24) is 15.0 Å². The molecule has 6 rings (SSSR count). The molecule has 0 bridgehead atoms. The average molecular weight is 526 g/mol. The van der Waals surface area contributed by atoms with E-state index < -0.39 is 7.92 Å². The molecule has 0 amide bonds. The lowest BCUT2D eigenvalue weighted by atomic mass is 9.97. The minimum atomic E-state index is -0.656. The van der Waals surface area contributed by atoms with Crippen molar-refractivity contribution < 1.29 is 0 Å². The standard InChI is InChI=1S/C35H32N3P/c1-25-13-17-27(18-14-25)33-36-34(28-19-15-26(2)16-20-28)38-35(37-33)29-21-23-32(24-22-29)39(30-9-5-3-6-10-30)31-11-7-4-8-12-31/h3-13,15,17-19,21-25H,14,16,20H2,1-2H3. The second-order valence-electron chi connectivity index (χ2n) is 10.3. The maximum atomic E-state index is 4.99. The molecule has 0 N–H and O–H groups in total. The Morgan fingerprint density at radius 1 is 0.667 bits per heavy atom. The van der Waals surface area contributed by atoms with Crippen molar-refractivity contribution in [1.29, 1.82) is 0 Å². The molecule has 2 aliphatic carbocycles. The highest BCUT2D eigenvalue weighted by Gasteiger charge is 2.19. The summed E-state index contributed by atoms with van der Waals surface area (Å²) in [7, 11) is -0.656. The van der Waals surface area contributed by atoms with Crippen LogP contribution in [0, 0.1) is 5.92 Å². The Kier molecular flexibility index (Phi) is 7.43. The number of hydrogen-bond donors (Lipinski definition) is 0. The minimum Gasteiger partial charge on any atom is -0.209 e. The molecule has 1 unspecified atom stereocenters. The van der Waals surface area contributed by atoms with E-state index in [0.29, 0.717) is 5.92 Å². The summed E-state index contributed by atoms with van der Waals surface area (Å²) in [5.74, 6) is 2.81. The normalized spacial score (nSPS) is 17.0. The molecule has 4 aromatic rings. The van der Waals surface area contributed by atoms with Crippen LogP contribution in [0.4, 0.5) is 0 Å². The van der Waals surface area contributed by atoms with Crippen LogP contribution in [0.2, 0.25) is 0 Å². The van der Waals surface area contributed by atoms with Crippen LogP contribution >= 0.6 is 7.92 Å². The quantitative estimate of drug-likeness (QED) is 0.246. The van der Waals surface area contributed by atoms with Gasteiger partial charge in [0.05, 0.1) is 0 Å². The molecular formula is C35H32N3P. The van der Waals surface area contributed by atoms with Gasteiger partial charge >= 0.3 is 0 Å². The van der Waals surface area contributed by atoms with Crippen molar-refractivity contribution in [3.63, 3.8) is 0 Å². The smallest absolute Gasteiger partial charge is 0.164 e. The summed E-state index contributed by atoms with van der Waals surface area (Å²) in [6.45, 7) is 4.41. The van der Waals surface area contributed by atoms with Gasteiger partial charge < -0.3 is 0 Å². The highest BCUT2D eigenvalue weighted by atomic mass is 31.1. The summed E-state index contributed by atoms with van der Waals surface area (Å²) in [6, 6.07) is 30.4. The van der Waals surface area contributed by atoms with Crippen molar-refractivity contribution in [2.75, 3.05) is 0 Å². The summed E-state index contributed by atoms with van der Waals surface area (Å²) >= 11 is 0. The molecule has 0 radical (unpaired) electrons. The van der Waals surface area contributed by atoms with Crippen LogP contribution in [0.25, 0.3) is 22.5 Å². The van der Waals surface area contributed by atoms with Gasteiger partial charge in [0.2, 0.25) is 0 Å². The number of hydrogen-bond acceptors (Lipinski definition) is 3. The Morgan fingerprint density at radius 2 is 1.28 bits per heavy atom. The first kappa shape index (κ1) is 25.3. The molecule has 0 fully saturated rings.